The molecule has 0 amide bonds. The summed E-state index contributed by atoms with van der Waals surface area (Å²) in [7, 11) is 0. The SMILES string of the molecule is Cc1cc(C)c(-c2cn3c(C)c(C(=O)O)sc3n2)cc1C. The minimum atomic E-state index is -0.896. The van der Waals surface area contributed by atoms with Crippen LogP contribution in [0.5, 0.6) is 0 Å². The van der Waals surface area contributed by atoms with Crippen molar-refractivity contribution in [3.8, 4) is 11.3 Å². The van der Waals surface area contributed by atoms with Gasteiger partial charge in [0.2, 0.25) is 0 Å². The number of aromatic carboxylic acids is 1. The Kier molecular flexibility index (Phi) is 3.10. The third-order valence-corrected chi connectivity index (χ3v) is 5.01. The first-order valence-corrected chi connectivity index (χ1v) is 7.50. The first-order chi connectivity index (χ1) is 9.88. The van der Waals surface area contributed by atoms with Gasteiger partial charge in [-0.3, -0.25) is 4.40 Å². The minimum absolute atomic E-state index is 0.348. The van der Waals surface area contributed by atoms with Gasteiger partial charge < -0.3 is 5.11 Å². The molecular formula is C16H16N2O2S. The van der Waals surface area contributed by atoms with Crippen LogP contribution in [0.2, 0.25) is 0 Å². The van der Waals surface area contributed by atoms with E-state index in [1.165, 1.54) is 28.0 Å². The van der Waals surface area contributed by atoms with Crippen molar-refractivity contribution < 1.29 is 9.90 Å². The summed E-state index contributed by atoms with van der Waals surface area (Å²) >= 11 is 1.21. The van der Waals surface area contributed by atoms with Crippen LogP contribution >= 0.6 is 11.3 Å². The molecule has 0 saturated carbocycles. The molecule has 1 aromatic carbocycles. The van der Waals surface area contributed by atoms with Crippen LogP contribution in [0.25, 0.3) is 16.2 Å². The average molecular weight is 300 g/mol. The van der Waals surface area contributed by atoms with E-state index >= 15 is 0 Å². The fourth-order valence-corrected chi connectivity index (χ4v) is 3.46. The van der Waals surface area contributed by atoms with Gasteiger partial charge in [-0.05, 0) is 50.5 Å². The quantitative estimate of drug-likeness (QED) is 0.778. The van der Waals surface area contributed by atoms with Crippen molar-refractivity contribution in [3.05, 3.63) is 45.6 Å². The highest BCUT2D eigenvalue weighted by Crippen LogP contribution is 2.30. The summed E-state index contributed by atoms with van der Waals surface area (Å²) in [6, 6.07) is 4.30. The zero-order valence-electron chi connectivity index (χ0n) is 12.4. The molecule has 0 saturated heterocycles. The number of carbonyl (C=O) groups is 1. The maximum absolute atomic E-state index is 11.1. The van der Waals surface area contributed by atoms with Crippen LogP contribution in [0.15, 0.2) is 18.3 Å². The number of aryl methyl sites for hydroxylation is 4. The predicted molar refractivity (Wildman–Crippen MR) is 84.4 cm³/mol. The number of carboxylic acid groups (broad SMARTS) is 1. The fourth-order valence-electron chi connectivity index (χ4n) is 2.51. The van der Waals surface area contributed by atoms with Gasteiger partial charge in [0.1, 0.15) is 4.88 Å². The van der Waals surface area contributed by atoms with E-state index in [1.807, 2.05) is 17.5 Å². The van der Waals surface area contributed by atoms with Crippen LogP contribution in [0.1, 0.15) is 32.1 Å². The Hall–Kier alpha value is -2.14. The van der Waals surface area contributed by atoms with Crippen LogP contribution in [0.3, 0.4) is 0 Å². The second-order valence-corrected chi connectivity index (χ2v) is 6.33. The van der Waals surface area contributed by atoms with Crippen molar-refractivity contribution in [1.82, 2.24) is 9.38 Å². The van der Waals surface area contributed by atoms with E-state index in [9.17, 15) is 4.79 Å². The van der Waals surface area contributed by atoms with E-state index in [0.29, 0.717) is 4.88 Å². The average Bonchev–Trinajstić information content (AvgIpc) is 2.94. The number of carboxylic acids is 1. The van der Waals surface area contributed by atoms with Crippen LogP contribution in [-0.2, 0) is 0 Å². The number of hydrogen-bond donors (Lipinski definition) is 1. The molecule has 0 aliphatic carbocycles. The monoisotopic (exact) mass is 300 g/mol. The first kappa shape index (κ1) is 13.8. The lowest BCUT2D eigenvalue weighted by Crippen LogP contribution is -1.96. The van der Waals surface area contributed by atoms with E-state index in [0.717, 1.165) is 21.9 Å². The first-order valence-electron chi connectivity index (χ1n) is 6.68. The van der Waals surface area contributed by atoms with Crippen LogP contribution in [0.4, 0.5) is 0 Å². The van der Waals surface area contributed by atoms with Crippen molar-refractivity contribution in [3.63, 3.8) is 0 Å². The molecule has 0 bridgehead atoms. The molecule has 1 N–H and O–H groups in total. The zero-order chi connectivity index (χ0) is 15.3. The highest BCUT2D eigenvalue weighted by atomic mass is 32.1. The zero-order valence-corrected chi connectivity index (χ0v) is 13.2. The van der Waals surface area contributed by atoms with Gasteiger partial charge in [0.05, 0.1) is 5.69 Å². The van der Waals surface area contributed by atoms with E-state index in [4.69, 9.17) is 5.11 Å². The van der Waals surface area contributed by atoms with E-state index < -0.39 is 5.97 Å². The number of hydrogen-bond acceptors (Lipinski definition) is 3. The molecule has 2 heterocycles. The number of nitrogens with zero attached hydrogens (tertiary/aromatic N) is 2. The molecule has 21 heavy (non-hydrogen) atoms. The molecule has 0 aliphatic rings. The van der Waals surface area contributed by atoms with E-state index in [-0.39, 0.29) is 0 Å². The number of rotatable bonds is 2. The van der Waals surface area contributed by atoms with Crippen LogP contribution < -0.4 is 0 Å². The minimum Gasteiger partial charge on any atom is -0.477 e. The summed E-state index contributed by atoms with van der Waals surface area (Å²) in [6.07, 6.45) is 1.92. The second kappa shape index (κ2) is 4.70. The third kappa shape index (κ3) is 2.14. The Morgan fingerprint density at radius 3 is 2.43 bits per heavy atom. The largest absolute Gasteiger partial charge is 0.477 e. The summed E-state index contributed by atoms with van der Waals surface area (Å²) in [5.74, 6) is -0.896. The van der Waals surface area contributed by atoms with Gasteiger partial charge in [-0.25, -0.2) is 9.78 Å². The maximum Gasteiger partial charge on any atom is 0.347 e. The molecule has 3 aromatic rings. The topological polar surface area (TPSA) is 54.6 Å². The maximum atomic E-state index is 11.1. The molecule has 0 spiro atoms. The smallest absolute Gasteiger partial charge is 0.347 e. The highest BCUT2D eigenvalue weighted by Gasteiger charge is 2.17. The van der Waals surface area contributed by atoms with Crippen molar-refractivity contribution in [2.75, 3.05) is 0 Å². The Labute approximate surface area is 126 Å². The lowest BCUT2D eigenvalue weighted by atomic mass is 9.99. The number of imidazole rings is 1. The molecule has 5 heteroatoms. The molecule has 0 fully saturated rings. The molecule has 0 aliphatic heterocycles. The Bertz CT molecular complexity index is 874. The summed E-state index contributed by atoms with van der Waals surface area (Å²) in [4.78, 5) is 16.8. The summed E-state index contributed by atoms with van der Waals surface area (Å²) < 4.78 is 1.86. The molecule has 108 valence electrons. The van der Waals surface area contributed by atoms with E-state index in [2.05, 4.69) is 37.9 Å². The lowest BCUT2D eigenvalue weighted by molar-refractivity contribution is 0.0701. The van der Waals surface area contributed by atoms with Gasteiger partial charge in [0, 0.05) is 17.5 Å². The van der Waals surface area contributed by atoms with E-state index in [1.54, 1.807) is 0 Å². The fraction of sp³-hybridized carbons (Fsp3) is 0.250. The summed E-state index contributed by atoms with van der Waals surface area (Å²) in [6.45, 7) is 8.07. The third-order valence-electron chi connectivity index (χ3n) is 3.87. The molecule has 4 nitrogen and oxygen atoms in total. The lowest BCUT2D eigenvalue weighted by Gasteiger charge is -2.07. The standard InChI is InChI=1S/C16H16N2O2S/c1-8-5-10(3)12(6-9(8)2)13-7-18-11(4)14(15(19)20)21-16(18)17-13/h5-7H,1-4H3,(H,19,20). The normalized spacial score (nSPS) is 11.2. The Morgan fingerprint density at radius 2 is 1.81 bits per heavy atom. The van der Waals surface area contributed by atoms with Gasteiger partial charge in [0.15, 0.2) is 4.96 Å². The molecule has 3 rings (SSSR count). The number of benzene rings is 1. The van der Waals surface area contributed by atoms with Crippen molar-refractivity contribution >= 4 is 22.3 Å². The van der Waals surface area contributed by atoms with Crippen LogP contribution in [-0.4, -0.2) is 20.5 Å². The molecule has 0 atom stereocenters. The second-order valence-electron chi connectivity index (χ2n) is 5.35. The summed E-state index contributed by atoms with van der Waals surface area (Å²) in [5, 5.41) is 9.15. The highest BCUT2D eigenvalue weighted by molar-refractivity contribution is 7.19. The number of thiazole rings is 1. The summed E-state index contributed by atoms with van der Waals surface area (Å²) in [5.41, 5.74) is 6.39. The van der Waals surface area contributed by atoms with Crippen molar-refractivity contribution in [2.45, 2.75) is 27.7 Å². The van der Waals surface area contributed by atoms with Gasteiger partial charge in [-0.2, -0.15) is 0 Å². The van der Waals surface area contributed by atoms with Gasteiger partial charge in [-0.1, -0.05) is 17.4 Å². The van der Waals surface area contributed by atoms with Gasteiger partial charge in [-0.15, -0.1) is 0 Å². The van der Waals surface area contributed by atoms with Gasteiger partial charge >= 0.3 is 5.97 Å². The van der Waals surface area contributed by atoms with Crippen molar-refractivity contribution in [2.24, 2.45) is 0 Å². The number of aromatic nitrogens is 2. The Morgan fingerprint density at radius 1 is 1.14 bits per heavy atom. The molecule has 0 unspecified atom stereocenters. The predicted octanol–water partition coefficient (Wildman–Crippen LogP) is 3.99. The van der Waals surface area contributed by atoms with Gasteiger partial charge in [0.25, 0.3) is 0 Å². The van der Waals surface area contributed by atoms with Crippen molar-refractivity contribution in [1.29, 1.82) is 0 Å². The molecule has 2 aromatic heterocycles. The van der Waals surface area contributed by atoms with Crippen LogP contribution in [0, 0.1) is 27.7 Å². The molecular weight excluding hydrogens is 284 g/mol. The Balaban J connectivity index is 2.19. The number of fused-ring (bicyclic) bond motifs is 1. The molecule has 0 radical (unpaired) electrons.